The van der Waals surface area contributed by atoms with E-state index >= 15 is 0 Å². The molecule has 0 spiro atoms. The number of fused-ring (bicyclic) bond motifs is 1. The lowest BCUT2D eigenvalue weighted by Crippen LogP contribution is -2.36. The molecule has 0 radical (unpaired) electrons. The molecule has 5 nitrogen and oxygen atoms in total. The van der Waals surface area contributed by atoms with E-state index in [-0.39, 0.29) is 18.0 Å². The lowest BCUT2D eigenvalue weighted by atomic mass is 9.95. The van der Waals surface area contributed by atoms with Crippen LogP contribution in [0.3, 0.4) is 0 Å². The maximum atomic E-state index is 14.4. The van der Waals surface area contributed by atoms with Gasteiger partial charge in [-0.15, -0.1) is 0 Å². The molecule has 162 valence electrons. The number of benzene rings is 1. The average Bonchev–Trinajstić information content (AvgIpc) is 3.43. The van der Waals surface area contributed by atoms with Crippen molar-refractivity contribution in [2.45, 2.75) is 57.0 Å². The lowest BCUT2D eigenvalue weighted by Gasteiger charge is -2.27. The summed E-state index contributed by atoms with van der Waals surface area (Å²) in [5, 5.41) is 7.48. The highest BCUT2D eigenvalue weighted by Gasteiger charge is 2.29. The van der Waals surface area contributed by atoms with Crippen molar-refractivity contribution in [1.82, 2.24) is 14.9 Å². The van der Waals surface area contributed by atoms with Gasteiger partial charge in [-0.05, 0) is 56.0 Å². The van der Waals surface area contributed by atoms with E-state index in [4.69, 9.17) is 0 Å². The number of aromatic nitrogens is 2. The number of pyridine rings is 1. The van der Waals surface area contributed by atoms with E-state index in [0.717, 1.165) is 62.3 Å². The lowest BCUT2D eigenvalue weighted by molar-refractivity contribution is 0.0929. The molecule has 5 rings (SSSR count). The third-order valence-electron chi connectivity index (χ3n) is 6.59. The Kier molecular flexibility index (Phi) is 5.34. The minimum atomic E-state index is -0.434. The molecule has 0 unspecified atom stereocenters. The predicted octanol–water partition coefficient (Wildman–Crippen LogP) is 5.02. The Morgan fingerprint density at radius 2 is 1.87 bits per heavy atom. The number of halogens is 2. The molecule has 1 aliphatic heterocycles. The van der Waals surface area contributed by atoms with Crippen molar-refractivity contribution in [3.05, 3.63) is 65.5 Å². The molecule has 1 amide bonds. The first kappa shape index (κ1) is 20.0. The van der Waals surface area contributed by atoms with Gasteiger partial charge in [-0.1, -0.05) is 19.3 Å². The van der Waals surface area contributed by atoms with E-state index in [1.54, 1.807) is 10.7 Å². The van der Waals surface area contributed by atoms with Gasteiger partial charge in [0.05, 0.1) is 23.3 Å². The summed E-state index contributed by atoms with van der Waals surface area (Å²) in [6.07, 6.45) is 10.6. The fraction of sp³-hybridized carbons (Fsp3) is 0.417. The summed E-state index contributed by atoms with van der Waals surface area (Å²) in [6.45, 7) is 0.745. The normalized spacial score (nSPS) is 19.8. The second-order valence-electron chi connectivity index (χ2n) is 8.60. The topological polar surface area (TPSA) is 49.6 Å². The van der Waals surface area contributed by atoms with Crippen molar-refractivity contribution in [1.29, 1.82) is 0 Å². The number of hydrogen-bond acceptors (Lipinski definition) is 3. The first-order chi connectivity index (χ1) is 15.1. The fourth-order valence-corrected chi connectivity index (χ4v) is 5.00. The molecular weight excluding hydrogens is 398 g/mol. The van der Waals surface area contributed by atoms with E-state index in [9.17, 15) is 13.6 Å². The molecule has 1 N–H and O–H groups in total. The van der Waals surface area contributed by atoms with Crippen molar-refractivity contribution in [3.63, 3.8) is 0 Å². The van der Waals surface area contributed by atoms with E-state index < -0.39 is 11.6 Å². The summed E-state index contributed by atoms with van der Waals surface area (Å²) in [7, 11) is 0. The van der Waals surface area contributed by atoms with Crippen LogP contribution in [-0.2, 0) is 0 Å². The van der Waals surface area contributed by atoms with Gasteiger partial charge in [0.25, 0.3) is 5.91 Å². The van der Waals surface area contributed by atoms with Crippen LogP contribution < -0.4 is 10.2 Å². The van der Waals surface area contributed by atoms with Gasteiger partial charge in [0.15, 0.2) is 0 Å². The quantitative estimate of drug-likeness (QED) is 0.640. The van der Waals surface area contributed by atoms with Crippen LogP contribution in [0.25, 0.3) is 5.52 Å². The molecule has 1 atom stereocenters. The Balaban J connectivity index is 1.44. The van der Waals surface area contributed by atoms with Crippen LogP contribution >= 0.6 is 0 Å². The Labute approximate surface area is 180 Å². The SMILES string of the molecule is O=C(NC1CCCCC1)c1cnn2ccc(N3CCC[C@@H]3c3cc(F)ccc3F)cc12. The molecule has 1 aromatic carbocycles. The molecule has 1 saturated heterocycles. The van der Waals surface area contributed by atoms with Crippen molar-refractivity contribution >= 4 is 17.1 Å². The summed E-state index contributed by atoms with van der Waals surface area (Å²) < 4.78 is 29.9. The second-order valence-corrected chi connectivity index (χ2v) is 8.60. The maximum absolute atomic E-state index is 14.4. The Morgan fingerprint density at radius 3 is 2.71 bits per heavy atom. The van der Waals surface area contributed by atoms with E-state index in [1.807, 2.05) is 18.3 Å². The zero-order chi connectivity index (χ0) is 21.4. The third kappa shape index (κ3) is 3.89. The molecule has 1 saturated carbocycles. The van der Waals surface area contributed by atoms with Gasteiger partial charge >= 0.3 is 0 Å². The summed E-state index contributed by atoms with van der Waals surface area (Å²) in [5.74, 6) is -0.930. The summed E-state index contributed by atoms with van der Waals surface area (Å²) in [6, 6.07) is 7.46. The zero-order valence-electron chi connectivity index (χ0n) is 17.4. The standard InChI is InChI=1S/C24H26F2N4O/c25-16-8-9-21(26)19(13-16)22-7-4-11-29(22)18-10-12-30-23(14-18)20(15-27-30)24(31)28-17-5-2-1-3-6-17/h8-10,12-15,17,22H,1-7,11H2,(H,28,31)/t22-/m1/s1. The number of rotatable bonds is 4. The van der Waals surface area contributed by atoms with Gasteiger partial charge in [-0.25, -0.2) is 13.3 Å². The van der Waals surface area contributed by atoms with Gasteiger partial charge in [0.1, 0.15) is 11.6 Å². The number of carbonyl (C=O) groups excluding carboxylic acids is 1. The molecule has 1 aliphatic carbocycles. The predicted molar refractivity (Wildman–Crippen MR) is 115 cm³/mol. The monoisotopic (exact) mass is 424 g/mol. The Bertz CT molecular complexity index is 1110. The summed E-state index contributed by atoms with van der Waals surface area (Å²) in [4.78, 5) is 15.0. The summed E-state index contributed by atoms with van der Waals surface area (Å²) in [5.41, 5.74) is 2.52. The first-order valence-electron chi connectivity index (χ1n) is 11.1. The van der Waals surface area contributed by atoms with Crippen molar-refractivity contribution in [3.8, 4) is 0 Å². The minimum Gasteiger partial charge on any atom is -0.364 e. The highest BCUT2D eigenvalue weighted by Crippen LogP contribution is 2.38. The van der Waals surface area contributed by atoms with Gasteiger partial charge in [-0.2, -0.15) is 5.10 Å². The van der Waals surface area contributed by atoms with E-state index in [2.05, 4.69) is 15.3 Å². The van der Waals surface area contributed by atoms with E-state index in [1.165, 1.54) is 18.6 Å². The number of carbonyl (C=O) groups is 1. The number of hydrogen-bond donors (Lipinski definition) is 1. The number of nitrogens with one attached hydrogen (secondary N) is 1. The van der Waals surface area contributed by atoms with E-state index in [0.29, 0.717) is 11.1 Å². The molecule has 2 aromatic heterocycles. The molecule has 2 aliphatic rings. The number of amides is 1. The molecule has 3 heterocycles. The minimum absolute atomic E-state index is 0.104. The van der Waals surface area contributed by atoms with Crippen LogP contribution in [0.15, 0.2) is 42.7 Å². The van der Waals surface area contributed by atoms with Gasteiger partial charge < -0.3 is 10.2 Å². The molecule has 7 heteroatoms. The van der Waals surface area contributed by atoms with Crippen LogP contribution in [0.4, 0.5) is 14.5 Å². The molecule has 0 bridgehead atoms. The highest BCUT2D eigenvalue weighted by molar-refractivity contribution is 6.01. The molecule has 2 fully saturated rings. The van der Waals surface area contributed by atoms with Gasteiger partial charge in [-0.3, -0.25) is 4.79 Å². The molecule has 31 heavy (non-hydrogen) atoms. The second kappa shape index (κ2) is 8.29. The van der Waals surface area contributed by atoms with Crippen LogP contribution in [0.5, 0.6) is 0 Å². The number of nitrogens with zero attached hydrogens (tertiary/aromatic N) is 3. The van der Waals surface area contributed by atoms with Crippen LogP contribution in [0, 0.1) is 11.6 Å². The smallest absolute Gasteiger partial charge is 0.255 e. The largest absolute Gasteiger partial charge is 0.364 e. The fourth-order valence-electron chi connectivity index (χ4n) is 5.00. The molecular formula is C24H26F2N4O. The molecule has 3 aromatic rings. The average molecular weight is 424 g/mol. The van der Waals surface area contributed by atoms with Crippen molar-refractivity contribution < 1.29 is 13.6 Å². The Hall–Kier alpha value is -2.96. The van der Waals surface area contributed by atoms with Crippen LogP contribution in [0.2, 0.25) is 0 Å². The van der Waals surface area contributed by atoms with Gasteiger partial charge in [0.2, 0.25) is 0 Å². The number of anilines is 1. The maximum Gasteiger partial charge on any atom is 0.255 e. The Morgan fingerprint density at radius 1 is 1.03 bits per heavy atom. The van der Waals surface area contributed by atoms with Crippen LogP contribution in [0.1, 0.15) is 66.9 Å². The summed E-state index contributed by atoms with van der Waals surface area (Å²) >= 11 is 0. The van der Waals surface area contributed by atoms with Crippen LogP contribution in [-0.4, -0.2) is 28.1 Å². The van der Waals surface area contributed by atoms with Crippen molar-refractivity contribution in [2.75, 3.05) is 11.4 Å². The first-order valence-corrected chi connectivity index (χ1v) is 11.1. The third-order valence-corrected chi connectivity index (χ3v) is 6.59. The zero-order valence-corrected chi connectivity index (χ0v) is 17.4. The van der Waals surface area contributed by atoms with Gasteiger partial charge in [0, 0.05) is 30.0 Å². The highest BCUT2D eigenvalue weighted by atomic mass is 19.1. The van der Waals surface area contributed by atoms with Crippen molar-refractivity contribution in [2.24, 2.45) is 0 Å².